The fraction of sp³-hybridized carbons (Fsp3) is 0.565. The standard InChI is InChI=1S/C23H32N4O4/c1-28-20-6-5-18(22(14-20)29-2)15-26(17-21-4-3-11-31-21)16-19-7-8-24-23(25-19)27-9-12-30-13-10-27/h5-8,14,21H,3-4,9-13,15-17H2,1-2H3. The molecule has 0 aliphatic carbocycles. The lowest BCUT2D eigenvalue weighted by molar-refractivity contribution is 0.0671. The number of ether oxygens (including phenoxy) is 4. The van der Waals surface area contributed by atoms with Crippen molar-refractivity contribution in [3.8, 4) is 11.5 Å². The molecule has 1 aromatic heterocycles. The molecule has 4 rings (SSSR count). The predicted octanol–water partition coefficient (Wildman–Crippen LogP) is 2.51. The van der Waals surface area contributed by atoms with Crippen molar-refractivity contribution in [2.45, 2.75) is 32.0 Å². The highest BCUT2D eigenvalue weighted by Crippen LogP contribution is 2.27. The van der Waals surface area contributed by atoms with Crippen LogP contribution in [0.5, 0.6) is 11.5 Å². The van der Waals surface area contributed by atoms with Gasteiger partial charge in [0.2, 0.25) is 5.95 Å². The van der Waals surface area contributed by atoms with Gasteiger partial charge in [-0.05, 0) is 25.0 Å². The highest BCUT2D eigenvalue weighted by atomic mass is 16.5. The molecule has 0 bridgehead atoms. The summed E-state index contributed by atoms with van der Waals surface area (Å²) in [6, 6.07) is 7.97. The molecule has 0 amide bonds. The first-order valence-electron chi connectivity index (χ1n) is 10.9. The summed E-state index contributed by atoms with van der Waals surface area (Å²) in [4.78, 5) is 13.9. The van der Waals surface area contributed by atoms with Crippen LogP contribution in [0.1, 0.15) is 24.1 Å². The highest BCUT2D eigenvalue weighted by molar-refractivity contribution is 5.40. The van der Waals surface area contributed by atoms with E-state index in [2.05, 4.69) is 20.9 Å². The molecule has 1 unspecified atom stereocenters. The van der Waals surface area contributed by atoms with Gasteiger partial charge in [0.25, 0.3) is 0 Å². The molecule has 2 fully saturated rings. The summed E-state index contributed by atoms with van der Waals surface area (Å²) in [5.74, 6) is 2.39. The maximum atomic E-state index is 5.92. The van der Waals surface area contributed by atoms with Crippen LogP contribution in [-0.4, -0.2) is 74.6 Å². The Morgan fingerprint density at radius 1 is 1.10 bits per heavy atom. The van der Waals surface area contributed by atoms with Gasteiger partial charge in [-0.2, -0.15) is 0 Å². The number of hydrogen-bond acceptors (Lipinski definition) is 8. The van der Waals surface area contributed by atoms with Gasteiger partial charge in [-0.15, -0.1) is 0 Å². The van der Waals surface area contributed by atoms with Crippen LogP contribution in [0.4, 0.5) is 5.95 Å². The van der Waals surface area contributed by atoms with E-state index in [0.29, 0.717) is 0 Å². The maximum Gasteiger partial charge on any atom is 0.225 e. The summed E-state index contributed by atoms with van der Waals surface area (Å²) in [7, 11) is 3.36. The molecule has 0 saturated carbocycles. The molecule has 1 aromatic carbocycles. The summed E-state index contributed by atoms with van der Waals surface area (Å²) < 4.78 is 22.3. The second-order valence-corrected chi connectivity index (χ2v) is 7.93. The Balaban J connectivity index is 1.51. The van der Waals surface area contributed by atoms with E-state index in [4.69, 9.17) is 23.9 Å². The number of methoxy groups -OCH3 is 2. The third kappa shape index (κ3) is 5.84. The SMILES string of the molecule is COc1ccc(CN(Cc2ccnc(N3CCOCC3)n2)CC2CCCO2)c(OC)c1. The zero-order valence-corrected chi connectivity index (χ0v) is 18.5. The molecule has 168 valence electrons. The lowest BCUT2D eigenvalue weighted by Crippen LogP contribution is -2.37. The summed E-state index contributed by atoms with van der Waals surface area (Å²) in [6.07, 6.45) is 4.33. The van der Waals surface area contributed by atoms with Gasteiger partial charge in [-0.3, -0.25) is 4.90 Å². The molecule has 0 radical (unpaired) electrons. The first-order chi connectivity index (χ1) is 15.2. The fourth-order valence-corrected chi connectivity index (χ4v) is 4.10. The first-order valence-corrected chi connectivity index (χ1v) is 10.9. The highest BCUT2D eigenvalue weighted by Gasteiger charge is 2.22. The van der Waals surface area contributed by atoms with Crippen molar-refractivity contribution in [3.63, 3.8) is 0 Å². The van der Waals surface area contributed by atoms with E-state index in [1.807, 2.05) is 24.4 Å². The van der Waals surface area contributed by atoms with Crippen LogP contribution in [0.25, 0.3) is 0 Å². The van der Waals surface area contributed by atoms with E-state index < -0.39 is 0 Å². The van der Waals surface area contributed by atoms with Crippen molar-refractivity contribution < 1.29 is 18.9 Å². The Hall–Kier alpha value is -2.42. The van der Waals surface area contributed by atoms with E-state index in [0.717, 1.165) is 94.1 Å². The summed E-state index contributed by atoms with van der Waals surface area (Å²) in [6.45, 7) is 6.24. The van der Waals surface area contributed by atoms with Crippen LogP contribution < -0.4 is 14.4 Å². The predicted molar refractivity (Wildman–Crippen MR) is 118 cm³/mol. The van der Waals surface area contributed by atoms with E-state index >= 15 is 0 Å². The summed E-state index contributed by atoms with van der Waals surface area (Å²) >= 11 is 0. The average Bonchev–Trinajstić information content (AvgIpc) is 3.33. The van der Waals surface area contributed by atoms with Crippen molar-refractivity contribution in [3.05, 3.63) is 41.7 Å². The van der Waals surface area contributed by atoms with Crippen LogP contribution in [0.2, 0.25) is 0 Å². The Morgan fingerprint density at radius 2 is 1.97 bits per heavy atom. The topological polar surface area (TPSA) is 69.2 Å². The first kappa shape index (κ1) is 21.8. The molecule has 1 atom stereocenters. The number of nitrogens with zero attached hydrogens (tertiary/aromatic N) is 4. The molecule has 2 saturated heterocycles. The molecular formula is C23H32N4O4. The largest absolute Gasteiger partial charge is 0.497 e. The number of hydrogen-bond donors (Lipinski definition) is 0. The number of rotatable bonds is 9. The van der Waals surface area contributed by atoms with Crippen LogP contribution >= 0.6 is 0 Å². The third-order valence-corrected chi connectivity index (χ3v) is 5.75. The number of anilines is 1. The van der Waals surface area contributed by atoms with Crippen LogP contribution in [0.15, 0.2) is 30.5 Å². The molecule has 0 spiro atoms. The van der Waals surface area contributed by atoms with Crippen molar-refractivity contribution in [2.75, 3.05) is 58.6 Å². The van der Waals surface area contributed by atoms with Gasteiger partial charge >= 0.3 is 0 Å². The van der Waals surface area contributed by atoms with Crippen molar-refractivity contribution in [1.29, 1.82) is 0 Å². The van der Waals surface area contributed by atoms with E-state index in [1.165, 1.54) is 0 Å². The van der Waals surface area contributed by atoms with E-state index in [1.54, 1.807) is 14.2 Å². The Morgan fingerprint density at radius 3 is 2.71 bits per heavy atom. The van der Waals surface area contributed by atoms with Crippen LogP contribution in [0.3, 0.4) is 0 Å². The Labute approximate surface area is 184 Å². The Bertz CT molecular complexity index is 838. The smallest absolute Gasteiger partial charge is 0.225 e. The summed E-state index contributed by atoms with van der Waals surface area (Å²) in [5, 5.41) is 0. The van der Waals surface area contributed by atoms with E-state index in [-0.39, 0.29) is 6.10 Å². The molecular weight excluding hydrogens is 396 g/mol. The normalized spacial score (nSPS) is 19.1. The van der Waals surface area contributed by atoms with Gasteiger partial charge in [0, 0.05) is 57.2 Å². The van der Waals surface area contributed by atoms with Crippen molar-refractivity contribution >= 4 is 5.95 Å². The molecule has 8 nitrogen and oxygen atoms in total. The number of benzene rings is 1. The van der Waals surface area contributed by atoms with E-state index in [9.17, 15) is 0 Å². The second-order valence-electron chi connectivity index (χ2n) is 7.93. The minimum atomic E-state index is 0.254. The van der Waals surface area contributed by atoms with Gasteiger partial charge in [0.1, 0.15) is 11.5 Å². The van der Waals surface area contributed by atoms with Gasteiger partial charge < -0.3 is 23.8 Å². The quantitative estimate of drug-likeness (QED) is 0.604. The zero-order chi connectivity index (χ0) is 21.5. The third-order valence-electron chi connectivity index (χ3n) is 5.75. The lowest BCUT2D eigenvalue weighted by Gasteiger charge is -2.28. The van der Waals surface area contributed by atoms with Crippen molar-refractivity contribution in [2.24, 2.45) is 0 Å². The number of aromatic nitrogens is 2. The molecule has 8 heteroatoms. The monoisotopic (exact) mass is 428 g/mol. The maximum absolute atomic E-state index is 5.92. The molecule has 31 heavy (non-hydrogen) atoms. The molecule has 2 aliphatic rings. The van der Waals surface area contributed by atoms with Gasteiger partial charge in [-0.25, -0.2) is 9.97 Å². The van der Waals surface area contributed by atoms with Gasteiger partial charge in [0.05, 0.1) is 39.2 Å². The van der Waals surface area contributed by atoms with Gasteiger partial charge in [-0.1, -0.05) is 6.07 Å². The molecule has 2 aliphatic heterocycles. The van der Waals surface area contributed by atoms with Crippen LogP contribution in [0, 0.1) is 0 Å². The second kappa shape index (κ2) is 10.7. The molecule has 0 N–H and O–H groups in total. The average molecular weight is 429 g/mol. The Kier molecular flexibility index (Phi) is 7.56. The van der Waals surface area contributed by atoms with Gasteiger partial charge in [0.15, 0.2) is 0 Å². The summed E-state index contributed by atoms with van der Waals surface area (Å²) in [5.41, 5.74) is 2.12. The zero-order valence-electron chi connectivity index (χ0n) is 18.5. The minimum Gasteiger partial charge on any atom is -0.497 e. The lowest BCUT2D eigenvalue weighted by atomic mass is 10.1. The molecule has 2 aromatic rings. The fourth-order valence-electron chi connectivity index (χ4n) is 4.10. The van der Waals surface area contributed by atoms with Crippen molar-refractivity contribution in [1.82, 2.24) is 14.9 Å². The minimum absolute atomic E-state index is 0.254. The van der Waals surface area contributed by atoms with Crippen LogP contribution in [-0.2, 0) is 22.6 Å². The number of morpholine rings is 1. The molecule has 3 heterocycles.